The van der Waals surface area contributed by atoms with E-state index in [1.54, 1.807) is 6.92 Å². The lowest BCUT2D eigenvalue weighted by molar-refractivity contribution is 0.444. The summed E-state index contributed by atoms with van der Waals surface area (Å²) in [4.78, 5) is 0. The molecular weight excluding hydrogens is 203 g/mol. The number of halogens is 4. The lowest BCUT2D eigenvalue weighted by atomic mass is 10.1. The van der Waals surface area contributed by atoms with Crippen LogP contribution in [0.25, 0.3) is 0 Å². The van der Waals surface area contributed by atoms with Crippen molar-refractivity contribution >= 4 is 17.3 Å². The van der Waals surface area contributed by atoms with Crippen LogP contribution in [-0.2, 0) is 6.42 Å². The van der Waals surface area contributed by atoms with E-state index in [9.17, 15) is 13.2 Å². The van der Waals surface area contributed by atoms with Gasteiger partial charge in [0.05, 0.1) is 10.7 Å². The highest BCUT2D eigenvalue weighted by atomic mass is 35.5. The molecule has 0 aliphatic heterocycles. The van der Waals surface area contributed by atoms with Gasteiger partial charge in [-0.05, 0) is 6.42 Å². The predicted octanol–water partition coefficient (Wildman–Crippen LogP) is 2.90. The summed E-state index contributed by atoms with van der Waals surface area (Å²) in [5, 5.41) is -0.251. The third-order valence-electron chi connectivity index (χ3n) is 1.74. The number of hydrogen-bond acceptors (Lipinski definition) is 1. The first kappa shape index (κ1) is 10.2. The van der Waals surface area contributed by atoms with Crippen LogP contribution in [0.3, 0.4) is 0 Å². The SMILES string of the molecule is CCc1c(F)c(F)c(F)c(N)c1Cl. The number of benzene rings is 1. The lowest BCUT2D eigenvalue weighted by Crippen LogP contribution is -2.04. The zero-order valence-corrected chi connectivity index (χ0v) is 7.55. The van der Waals surface area contributed by atoms with E-state index in [-0.39, 0.29) is 17.0 Å². The molecule has 0 aliphatic carbocycles. The molecule has 1 rings (SSSR count). The van der Waals surface area contributed by atoms with E-state index in [2.05, 4.69) is 0 Å². The van der Waals surface area contributed by atoms with Crippen LogP contribution in [0, 0.1) is 17.5 Å². The first-order valence-corrected chi connectivity index (χ1v) is 3.98. The van der Waals surface area contributed by atoms with Gasteiger partial charge in [-0.2, -0.15) is 0 Å². The number of hydrogen-bond donors (Lipinski definition) is 1. The van der Waals surface area contributed by atoms with Crippen LogP contribution in [0.4, 0.5) is 18.9 Å². The molecule has 0 spiro atoms. The van der Waals surface area contributed by atoms with Crippen LogP contribution in [0.1, 0.15) is 12.5 Å². The molecule has 72 valence electrons. The Morgan fingerprint density at radius 3 is 2.15 bits per heavy atom. The summed E-state index contributed by atoms with van der Waals surface area (Å²) in [5.74, 6) is -4.27. The molecule has 0 radical (unpaired) electrons. The molecule has 0 amide bonds. The van der Waals surface area contributed by atoms with Gasteiger partial charge in [-0.1, -0.05) is 18.5 Å². The van der Waals surface area contributed by atoms with Crippen LogP contribution in [-0.4, -0.2) is 0 Å². The molecule has 2 N–H and O–H groups in total. The van der Waals surface area contributed by atoms with Gasteiger partial charge >= 0.3 is 0 Å². The van der Waals surface area contributed by atoms with Crippen molar-refractivity contribution in [2.75, 3.05) is 5.73 Å². The van der Waals surface area contributed by atoms with E-state index in [1.807, 2.05) is 0 Å². The summed E-state index contributed by atoms with van der Waals surface area (Å²) < 4.78 is 38.4. The van der Waals surface area contributed by atoms with Crippen molar-refractivity contribution in [3.05, 3.63) is 28.0 Å². The highest BCUT2D eigenvalue weighted by molar-refractivity contribution is 6.33. The molecule has 5 heteroatoms. The van der Waals surface area contributed by atoms with E-state index >= 15 is 0 Å². The van der Waals surface area contributed by atoms with Crippen molar-refractivity contribution in [2.24, 2.45) is 0 Å². The molecule has 0 aromatic heterocycles. The Kier molecular flexibility index (Phi) is 2.71. The first-order chi connectivity index (χ1) is 6.00. The molecule has 0 fully saturated rings. The smallest absolute Gasteiger partial charge is 0.196 e. The summed E-state index contributed by atoms with van der Waals surface area (Å²) in [7, 11) is 0. The maximum Gasteiger partial charge on any atom is 0.196 e. The van der Waals surface area contributed by atoms with Gasteiger partial charge in [0.25, 0.3) is 0 Å². The Bertz CT molecular complexity index is 323. The Labute approximate surface area is 78.3 Å². The zero-order chi connectivity index (χ0) is 10.2. The molecule has 13 heavy (non-hydrogen) atoms. The van der Waals surface area contributed by atoms with E-state index < -0.39 is 23.1 Å². The molecule has 1 nitrogen and oxygen atoms in total. The topological polar surface area (TPSA) is 26.0 Å². The second-order valence-electron chi connectivity index (χ2n) is 2.50. The summed E-state index contributed by atoms with van der Waals surface area (Å²) in [6.07, 6.45) is 0.159. The van der Waals surface area contributed by atoms with Crippen LogP contribution < -0.4 is 5.73 Å². The highest BCUT2D eigenvalue weighted by Crippen LogP contribution is 2.31. The summed E-state index contributed by atoms with van der Waals surface area (Å²) in [6, 6.07) is 0. The van der Waals surface area contributed by atoms with Gasteiger partial charge in [0.2, 0.25) is 0 Å². The summed E-state index contributed by atoms with van der Waals surface area (Å²) in [6.45, 7) is 1.57. The second-order valence-corrected chi connectivity index (χ2v) is 2.88. The van der Waals surface area contributed by atoms with Gasteiger partial charge in [0, 0.05) is 5.56 Å². The van der Waals surface area contributed by atoms with Gasteiger partial charge in [0.15, 0.2) is 17.5 Å². The predicted molar refractivity (Wildman–Crippen MR) is 45.1 cm³/mol. The molecule has 0 heterocycles. The second kappa shape index (κ2) is 3.46. The molecule has 0 unspecified atom stereocenters. The minimum Gasteiger partial charge on any atom is -0.395 e. The highest BCUT2D eigenvalue weighted by Gasteiger charge is 2.20. The molecule has 0 bridgehead atoms. The molecular formula is C8H7ClF3N. The first-order valence-electron chi connectivity index (χ1n) is 3.61. The van der Waals surface area contributed by atoms with Gasteiger partial charge in [-0.25, -0.2) is 13.2 Å². The maximum absolute atomic E-state index is 12.9. The summed E-state index contributed by atoms with van der Waals surface area (Å²) >= 11 is 5.50. The third kappa shape index (κ3) is 1.46. The van der Waals surface area contributed by atoms with Crippen LogP contribution in [0.2, 0.25) is 5.02 Å². The normalized spacial score (nSPS) is 10.5. The van der Waals surface area contributed by atoms with Gasteiger partial charge in [-0.15, -0.1) is 0 Å². The third-order valence-corrected chi connectivity index (χ3v) is 2.17. The van der Waals surface area contributed by atoms with Crippen molar-refractivity contribution in [2.45, 2.75) is 13.3 Å². The molecule has 1 aromatic carbocycles. The van der Waals surface area contributed by atoms with E-state index in [1.165, 1.54) is 0 Å². The standard InChI is InChI=1S/C8H7ClF3N/c1-2-3-4(9)8(13)7(12)6(11)5(3)10/h2,13H2,1H3. The Morgan fingerprint density at radius 1 is 1.15 bits per heavy atom. The number of anilines is 1. The van der Waals surface area contributed by atoms with Gasteiger partial charge in [-0.3, -0.25) is 0 Å². The minimum atomic E-state index is -1.57. The number of nitrogens with two attached hydrogens (primary N) is 1. The Balaban J connectivity index is 3.56. The monoisotopic (exact) mass is 209 g/mol. The zero-order valence-electron chi connectivity index (χ0n) is 6.80. The largest absolute Gasteiger partial charge is 0.395 e. The fourth-order valence-electron chi connectivity index (χ4n) is 1.01. The minimum absolute atomic E-state index is 0.0990. The van der Waals surface area contributed by atoms with Crippen molar-refractivity contribution < 1.29 is 13.2 Å². The molecule has 0 atom stereocenters. The van der Waals surface area contributed by atoms with E-state index in [0.717, 1.165) is 0 Å². The van der Waals surface area contributed by atoms with Crippen LogP contribution in [0.5, 0.6) is 0 Å². The van der Waals surface area contributed by atoms with E-state index in [4.69, 9.17) is 17.3 Å². The molecule has 1 aromatic rings. The lowest BCUT2D eigenvalue weighted by Gasteiger charge is -2.08. The van der Waals surface area contributed by atoms with Crippen molar-refractivity contribution in [3.8, 4) is 0 Å². The summed E-state index contributed by atoms with van der Waals surface area (Å²) in [5.41, 5.74) is 4.47. The van der Waals surface area contributed by atoms with Crippen LogP contribution in [0.15, 0.2) is 0 Å². The molecule has 0 aliphatic rings. The Morgan fingerprint density at radius 2 is 1.69 bits per heavy atom. The molecule has 0 saturated carbocycles. The fourth-order valence-corrected chi connectivity index (χ4v) is 1.31. The number of rotatable bonds is 1. The fraction of sp³-hybridized carbons (Fsp3) is 0.250. The van der Waals surface area contributed by atoms with Crippen molar-refractivity contribution in [3.63, 3.8) is 0 Å². The average Bonchev–Trinajstić information content (AvgIpc) is 2.13. The van der Waals surface area contributed by atoms with Gasteiger partial charge in [0.1, 0.15) is 0 Å². The van der Waals surface area contributed by atoms with Crippen LogP contribution >= 0.6 is 11.6 Å². The molecule has 0 saturated heterocycles. The van der Waals surface area contributed by atoms with Gasteiger partial charge < -0.3 is 5.73 Å². The number of nitrogen functional groups attached to an aromatic ring is 1. The quantitative estimate of drug-likeness (QED) is 0.430. The average molecular weight is 210 g/mol. The van der Waals surface area contributed by atoms with Crippen molar-refractivity contribution in [1.29, 1.82) is 0 Å². The Hall–Kier alpha value is -0.900. The maximum atomic E-state index is 12.9. The van der Waals surface area contributed by atoms with Crippen molar-refractivity contribution in [1.82, 2.24) is 0 Å². The van der Waals surface area contributed by atoms with E-state index in [0.29, 0.717) is 0 Å².